The molecule has 1 unspecified atom stereocenters. The molecule has 0 radical (unpaired) electrons. The van der Waals surface area contributed by atoms with Gasteiger partial charge in [0.1, 0.15) is 17.4 Å². The van der Waals surface area contributed by atoms with Crippen LogP contribution in [0.2, 0.25) is 0 Å². The molecule has 0 aromatic heterocycles. The van der Waals surface area contributed by atoms with E-state index in [9.17, 15) is 20.2 Å². The number of rotatable bonds is 5. The number of carbonyl (C=O) groups is 1. The molecule has 1 aliphatic heterocycles. The lowest BCUT2D eigenvalue weighted by Crippen LogP contribution is -2.32. The molecule has 1 aliphatic carbocycles. The van der Waals surface area contributed by atoms with E-state index in [1.165, 1.54) is 18.5 Å². The number of hydrogen-bond acceptors (Lipinski definition) is 7. The molecule has 2 aliphatic rings. The highest BCUT2D eigenvalue weighted by molar-refractivity contribution is 6.00. The standard InChI is InChI=1S/C21H21N3O5/c1-4-28-12-23-20-15(11-22)18(13-6-5-7-14(8-13)24(26)27)19-16(25)9-21(2,3)10-17(19)29-20/h5-8,12,18H,4,9-10H2,1-3H3/b23-12+. The molecule has 1 aromatic carbocycles. The Balaban J connectivity index is 2.20. The molecule has 0 N–H and O–H groups in total. The fourth-order valence-corrected chi connectivity index (χ4v) is 3.65. The average Bonchev–Trinajstić information content (AvgIpc) is 2.66. The van der Waals surface area contributed by atoms with Gasteiger partial charge in [-0.1, -0.05) is 26.0 Å². The first-order valence-corrected chi connectivity index (χ1v) is 9.24. The summed E-state index contributed by atoms with van der Waals surface area (Å²) in [6.07, 6.45) is 1.99. The van der Waals surface area contributed by atoms with E-state index in [-0.39, 0.29) is 28.3 Å². The molecule has 0 fully saturated rings. The zero-order valence-electron chi connectivity index (χ0n) is 16.5. The first kappa shape index (κ1) is 20.3. The Labute approximate surface area is 168 Å². The van der Waals surface area contributed by atoms with E-state index in [4.69, 9.17) is 9.47 Å². The number of nitriles is 1. The molecule has 1 atom stereocenters. The normalized spacial score (nSPS) is 20.9. The topological polar surface area (TPSA) is 115 Å². The van der Waals surface area contributed by atoms with Crippen LogP contribution in [0.3, 0.4) is 0 Å². The van der Waals surface area contributed by atoms with Crippen molar-refractivity contribution in [3.8, 4) is 6.07 Å². The maximum absolute atomic E-state index is 13.0. The van der Waals surface area contributed by atoms with Gasteiger partial charge in [-0.25, -0.2) is 0 Å². The fourth-order valence-electron chi connectivity index (χ4n) is 3.65. The summed E-state index contributed by atoms with van der Waals surface area (Å²) in [5, 5.41) is 21.1. The van der Waals surface area contributed by atoms with E-state index in [2.05, 4.69) is 11.1 Å². The van der Waals surface area contributed by atoms with E-state index in [1.54, 1.807) is 19.1 Å². The number of benzene rings is 1. The second-order valence-electron chi connectivity index (χ2n) is 7.69. The van der Waals surface area contributed by atoms with Crippen molar-refractivity contribution in [2.45, 2.75) is 39.5 Å². The van der Waals surface area contributed by atoms with Gasteiger partial charge >= 0.3 is 0 Å². The summed E-state index contributed by atoms with van der Waals surface area (Å²) in [5.74, 6) is -0.415. The van der Waals surface area contributed by atoms with Crippen LogP contribution >= 0.6 is 0 Å². The minimum Gasteiger partial charge on any atom is -0.483 e. The number of ketones is 1. The monoisotopic (exact) mass is 395 g/mol. The molecule has 3 rings (SSSR count). The highest BCUT2D eigenvalue weighted by Crippen LogP contribution is 2.49. The van der Waals surface area contributed by atoms with Crippen molar-refractivity contribution < 1.29 is 19.2 Å². The second kappa shape index (κ2) is 7.87. The molecule has 0 saturated carbocycles. The number of hydrogen-bond donors (Lipinski definition) is 0. The van der Waals surface area contributed by atoms with Crippen molar-refractivity contribution >= 4 is 17.9 Å². The molecule has 29 heavy (non-hydrogen) atoms. The number of nitrogens with zero attached hydrogens (tertiary/aromatic N) is 3. The summed E-state index contributed by atoms with van der Waals surface area (Å²) >= 11 is 0. The van der Waals surface area contributed by atoms with Crippen molar-refractivity contribution in [1.29, 1.82) is 5.26 Å². The molecule has 0 spiro atoms. The summed E-state index contributed by atoms with van der Waals surface area (Å²) in [7, 11) is 0. The highest BCUT2D eigenvalue weighted by Gasteiger charge is 2.43. The Morgan fingerprint density at radius 2 is 2.21 bits per heavy atom. The van der Waals surface area contributed by atoms with Crippen LogP contribution in [0.5, 0.6) is 0 Å². The molecule has 8 nitrogen and oxygen atoms in total. The molecule has 0 amide bonds. The van der Waals surface area contributed by atoms with Crippen LogP contribution in [-0.2, 0) is 14.3 Å². The highest BCUT2D eigenvalue weighted by atomic mass is 16.6. The minimum atomic E-state index is -0.777. The average molecular weight is 395 g/mol. The van der Waals surface area contributed by atoms with Gasteiger partial charge in [0.15, 0.2) is 12.2 Å². The molecule has 1 heterocycles. The van der Waals surface area contributed by atoms with Gasteiger partial charge in [0.25, 0.3) is 5.69 Å². The number of nitro benzene ring substituents is 1. The van der Waals surface area contributed by atoms with Gasteiger partial charge in [-0.3, -0.25) is 14.9 Å². The predicted molar refractivity (Wildman–Crippen MR) is 105 cm³/mol. The maximum Gasteiger partial charge on any atom is 0.269 e. The fraction of sp³-hybridized carbons (Fsp3) is 0.381. The van der Waals surface area contributed by atoms with Crippen molar-refractivity contribution in [2.75, 3.05) is 6.61 Å². The third kappa shape index (κ3) is 4.04. The van der Waals surface area contributed by atoms with Crippen molar-refractivity contribution in [1.82, 2.24) is 0 Å². The van der Waals surface area contributed by atoms with Crippen LogP contribution in [0, 0.1) is 26.9 Å². The van der Waals surface area contributed by atoms with Gasteiger partial charge in [0.2, 0.25) is 5.88 Å². The molecular weight excluding hydrogens is 374 g/mol. The number of carbonyl (C=O) groups excluding carboxylic acids is 1. The smallest absolute Gasteiger partial charge is 0.269 e. The summed E-state index contributed by atoms with van der Waals surface area (Å²) in [6, 6.07) is 8.04. The van der Waals surface area contributed by atoms with Gasteiger partial charge < -0.3 is 9.47 Å². The van der Waals surface area contributed by atoms with Crippen molar-refractivity contribution in [3.63, 3.8) is 0 Å². The summed E-state index contributed by atoms with van der Waals surface area (Å²) < 4.78 is 11.0. The zero-order valence-corrected chi connectivity index (χ0v) is 16.5. The minimum absolute atomic E-state index is 0.0432. The van der Waals surface area contributed by atoms with Crippen molar-refractivity contribution in [3.05, 3.63) is 62.7 Å². The Hall–Kier alpha value is -3.47. The molecule has 150 valence electrons. The van der Waals surface area contributed by atoms with Crippen LogP contribution in [0.15, 0.2) is 52.0 Å². The van der Waals surface area contributed by atoms with E-state index in [1.807, 2.05) is 13.8 Å². The summed E-state index contributed by atoms with van der Waals surface area (Å²) in [5.41, 5.74) is 0.548. The molecule has 0 bridgehead atoms. The number of allylic oxidation sites excluding steroid dienone is 3. The SMILES string of the molecule is CCO/C=N/C1=C(C#N)C(c2cccc([N+](=O)[O-])c2)C2=C(CC(C)(C)CC2=O)O1. The molecular formula is C21H21N3O5. The Morgan fingerprint density at radius 1 is 1.45 bits per heavy atom. The molecule has 1 aromatic rings. The van der Waals surface area contributed by atoms with Crippen LogP contribution < -0.4 is 0 Å². The summed E-state index contributed by atoms with van der Waals surface area (Å²) in [6.45, 7) is 6.12. The van der Waals surface area contributed by atoms with Gasteiger partial charge in [0, 0.05) is 30.5 Å². The Bertz CT molecular complexity index is 998. The van der Waals surface area contributed by atoms with Gasteiger partial charge in [-0.05, 0) is 17.9 Å². The van der Waals surface area contributed by atoms with Crippen LogP contribution in [0.4, 0.5) is 5.69 Å². The Morgan fingerprint density at radius 3 is 2.86 bits per heavy atom. The lowest BCUT2D eigenvalue weighted by atomic mass is 9.70. The van der Waals surface area contributed by atoms with Crippen molar-refractivity contribution in [2.24, 2.45) is 10.4 Å². The lowest BCUT2D eigenvalue weighted by Gasteiger charge is -2.37. The third-order valence-electron chi connectivity index (χ3n) is 4.85. The van der Waals surface area contributed by atoms with Gasteiger partial charge in [-0.15, -0.1) is 0 Å². The number of aliphatic imine (C=N–C) groups is 1. The number of Topliss-reactive ketones (excluding diaryl/α,β-unsaturated/α-hetero) is 1. The molecule has 0 saturated heterocycles. The second-order valence-corrected chi connectivity index (χ2v) is 7.69. The largest absolute Gasteiger partial charge is 0.483 e. The summed E-state index contributed by atoms with van der Waals surface area (Å²) in [4.78, 5) is 27.9. The van der Waals surface area contributed by atoms with E-state index in [0.29, 0.717) is 36.3 Å². The lowest BCUT2D eigenvalue weighted by molar-refractivity contribution is -0.384. The van der Waals surface area contributed by atoms with Crippen LogP contribution in [0.1, 0.15) is 45.1 Å². The zero-order chi connectivity index (χ0) is 21.2. The Kier molecular flexibility index (Phi) is 5.50. The van der Waals surface area contributed by atoms with Gasteiger partial charge in [0.05, 0.1) is 17.4 Å². The van der Waals surface area contributed by atoms with Gasteiger partial charge in [-0.2, -0.15) is 10.3 Å². The van der Waals surface area contributed by atoms with E-state index < -0.39 is 10.8 Å². The quantitative estimate of drug-likeness (QED) is 0.320. The number of ether oxygens (including phenoxy) is 2. The number of non-ortho nitro benzene ring substituents is 1. The first-order chi connectivity index (χ1) is 13.8. The van der Waals surface area contributed by atoms with E-state index in [0.717, 1.165) is 0 Å². The van der Waals surface area contributed by atoms with E-state index >= 15 is 0 Å². The number of nitro groups is 1. The predicted octanol–water partition coefficient (Wildman–Crippen LogP) is 4.15. The first-order valence-electron chi connectivity index (χ1n) is 9.24. The van der Waals surface area contributed by atoms with Crippen LogP contribution in [-0.4, -0.2) is 23.7 Å². The third-order valence-corrected chi connectivity index (χ3v) is 4.85. The molecule has 8 heteroatoms. The van der Waals surface area contributed by atoms with Crippen LogP contribution in [0.25, 0.3) is 0 Å². The maximum atomic E-state index is 13.0.